The molecule has 2 heterocycles. The minimum absolute atomic E-state index is 0.784. The fourth-order valence-corrected chi connectivity index (χ4v) is 2.86. The summed E-state index contributed by atoms with van der Waals surface area (Å²) in [5.41, 5.74) is 2.59. The van der Waals surface area contributed by atoms with Crippen LogP contribution in [0, 0.1) is 6.92 Å². The third-order valence-electron chi connectivity index (χ3n) is 4.47. The summed E-state index contributed by atoms with van der Waals surface area (Å²) in [4.78, 5) is 13.8. The minimum atomic E-state index is 0.784. The van der Waals surface area contributed by atoms with Crippen molar-refractivity contribution in [2.45, 2.75) is 20.4 Å². The zero-order valence-corrected chi connectivity index (χ0v) is 14.0. The lowest BCUT2D eigenvalue weighted by Crippen LogP contribution is -2.46. The van der Waals surface area contributed by atoms with Crippen LogP contribution in [-0.4, -0.2) is 47.6 Å². The number of hydrogen-bond donors (Lipinski definition) is 1. The Morgan fingerprint density at radius 1 is 1.09 bits per heavy atom. The number of rotatable bonds is 5. The summed E-state index contributed by atoms with van der Waals surface area (Å²) >= 11 is 0. The van der Waals surface area contributed by atoms with Crippen molar-refractivity contribution in [3.8, 4) is 0 Å². The summed E-state index contributed by atoms with van der Waals surface area (Å²) in [6, 6.07) is 10.4. The highest BCUT2D eigenvalue weighted by Gasteiger charge is 2.17. The molecule has 0 aliphatic carbocycles. The Bertz CT molecular complexity index is 635. The normalized spacial score (nSPS) is 15.7. The van der Waals surface area contributed by atoms with Crippen molar-refractivity contribution in [3.63, 3.8) is 0 Å². The molecule has 2 aromatic rings. The number of nitrogens with one attached hydrogen (secondary N) is 1. The zero-order chi connectivity index (χ0) is 16.1. The Kier molecular flexibility index (Phi) is 5.08. The van der Waals surface area contributed by atoms with E-state index in [0.717, 1.165) is 51.0 Å². The standard InChI is InChI=1S/C18H25N5/c1-3-22-10-12-23(13-11-22)18-19-9-8-17(21-18)20-14-16-7-5-4-6-15(16)2/h4-9H,3,10-14H2,1-2H3,(H,19,20,21). The molecule has 1 aromatic heterocycles. The topological polar surface area (TPSA) is 44.3 Å². The van der Waals surface area contributed by atoms with E-state index in [-0.39, 0.29) is 0 Å². The molecule has 3 rings (SSSR count). The van der Waals surface area contributed by atoms with E-state index in [1.165, 1.54) is 11.1 Å². The van der Waals surface area contributed by atoms with Crippen LogP contribution in [0.5, 0.6) is 0 Å². The van der Waals surface area contributed by atoms with Crippen molar-refractivity contribution in [2.24, 2.45) is 0 Å². The number of aromatic nitrogens is 2. The monoisotopic (exact) mass is 311 g/mol. The first kappa shape index (κ1) is 15.7. The molecule has 122 valence electrons. The second kappa shape index (κ2) is 7.42. The van der Waals surface area contributed by atoms with Crippen LogP contribution in [0.2, 0.25) is 0 Å². The van der Waals surface area contributed by atoms with Crippen molar-refractivity contribution in [2.75, 3.05) is 42.9 Å². The summed E-state index contributed by atoms with van der Waals surface area (Å²) in [6.07, 6.45) is 1.84. The lowest BCUT2D eigenvalue weighted by molar-refractivity contribution is 0.270. The molecule has 1 N–H and O–H groups in total. The predicted molar refractivity (Wildman–Crippen MR) is 94.9 cm³/mol. The van der Waals surface area contributed by atoms with E-state index in [9.17, 15) is 0 Å². The van der Waals surface area contributed by atoms with Gasteiger partial charge in [-0.2, -0.15) is 4.98 Å². The molecule has 0 radical (unpaired) electrons. The summed E-state index contributed by atoms with van der Waals surface area (Å²) in [6.45, 7) is 10.4. The second-order valence-corrected chi connectivity index (χ2v) is 5.94. The molecule has 1 aliphatic rings. The fraction of sp³-hybridized carbons (Fsp3) is 0.444. The van der Waals surface area contributed by atoms with Crippen LogP contribution in [0.4, 0.5) is 11.8 Å². The highest BCUT2D eigenvalue weighted by Crippen LogP contribution is 2.15. The van der Waals surface area contributed by atoms with Crippen molar-refractivity contribution < 1.29 is 0 Å². The van der Waals surface area contributed by atoms with Crippen LogP contribution in [0.25, 0.3) is 0 Å². The van der Waals surface area contributed by atoms with Gasteiger partial charge in [0.25, 0.3) is 0 Å². The SMILES string of the molecule is CCN1CCN(c2nccc(NCc3ccccc3C)n2)CC1. The molecule has 0 bridgehead atoms. The third kappa shape index (κ3) is 3.99. The number of piperazine rings is 1. The van der Waals surface area contributed by atoms with Gasteiger partial charge in [0.2, 0.25) is 5.95 Å². The molecule has 0 amide bonds. The van der Waals surface area contributed by atoms with Gasteiger partial charge in [-0.25, -0.2) is 4.98 Å². The number of benzene rings is 1. The van der Waals surface area contributed by atoms with Crippen LogP contribution >= 0.6 is 0 Å². The quantitative estimate of drug-likeness (QED) is 0.919. The van der Waals surface area contributed by atoms with Crippen LogP contribution < -0.4 is 10.2 Å². The summed E-state index contributed by atoms with van der Waals surface area (Å²) < 4.78 is 0. The lowest BCUT2D eigenvalue weighted by atomic mass is 10.1. The Morgan fingerprint density at radius 3 is 2.61 bits per heavy atom. The van der Waals surface area contributed by atoms with Gasteiger partial charge in [-0.3, -0.25) is 0 Å². The van der Waals surface area contributed by atoms with Gasteiger partial charge in [-0.1, -0.05) is 31.2 Å². The van der Waals surface area contributed by atoms with Crippen LogP contribution in [0.3, 0.4) is 0 Å². The van der Waals surface area contributed by atoms with Gasteiger partial charge < -0.3 is 15.1 Å². The molecule has 5 heteroatoms. The van der Waals surface area contributed by atoms with E-state index in [0.29, 0.717) is 0 Å². The van der Waals surface area contributed by atoms with Gasteiger partial charge in [0, 0.05) is 38.9 Å². The highest BCUT2D eigenvalue weighted by atomic mass is 15.3. The second-order valence-electron chi connectivity index (χ2n) is 5.94. The summed E-state index contributed by atoms with van der Waals surface area (Å²) in [5.74, 6) is 1.71. The van der Waals surface area contributed by atoms with Gasteiger partial charge in [0.15, 0.2) is 0 Å². The molecule has 1 aliphatic heterocycles. The first-order chi connectivity index (χ1) is 11.3. The van der Waals surface area contributed by atoms with Crippen molar-refractivity contribution in [1.82, 2.24) is 14.9 Å². The van der Waals surface area contributed by atoms with E-state index in [1.807, 2.05) is 12.3 Å². The first-order valence-electron chi connectivity index (χ1n) is 8.35. The Morgan fingerprint density at radius 2 is 1.87 bits per heavy atom. The number of hydrogen-bond acceptors (Lipinski definition) is 5. The predicted octanol–water partition coefficient (Wildman–Crippen LogP) is 2.54. The fourth-order valence-electron chi connectivity index (χ4n) is 2.86. The van der Waals surface area contributed by atoms with Crippen molar-refractivity contribution >= 4 is 11.8 Å². The van der Waals surface area contributed by atoms with Crippen LogP contribution in [-0.2, 0) is 6.54 Å². The molecule has 5 nitrogen and oxygen atoms in total. The van der Waals surface area contributed by atoms with Gasteiger partial charge in [-0.05, 0) is 30.7 Å². The molecule has 1 saturated heterocycles. The van der Waals surface area contributed by atoms with Gasteiger partial charge in [0.1, 0.15) is 5.82 Å². The Hall–Kier alpha value is -2.14. The highest BCUT2D eigenvalue weighted by molar-refractivity contribution is 5.42. The van der Waals surface area contributed by atoms with Crippen LogP contribution in [0.15, 0.2) is 36.5 Å². The molecule has 0 saturated carbocycles. The maximum atomic E-state index is 4.68. The number of likely N-dealkylation sites (N-methyl/N-ethyl adjacent to an activating group) is 1. The number of anilines is 2. The lowest BCUT2D eigenvalue weighted by Gasteiger charge is -2.34. The van der Waals surface area contributed by atoms with Gasteiger partial charge >= 0.3 is 0 Å². The van der Waals surface area contributed by atoms with Gasteiger partial charge in [-0.15, -0.1) is 0 Å². The Labute approximate surface area is 138 Å². The van der Waals surface area contributed by atoms with Crippen molar-refractivity contribution in [3.05, 3.63) is 47.7 Å². The molecule has 23 heavy (non-hydrogen) atoms. The Balaban J connectivity index is 1.63. The molecular formula is C18H25N5. The number of nitrogens with zero attached hydrogens (tertiary/aromatic N) is 4. The van der Waals surface area contributed by atoms with Crippen LogP contribution in [0.1, 0.15) is 18.1 Å². The maximum absolute atomic E-state index is 4.68. The summed E-state index contributed by atoms with van der Waals surface area (Å²) in [5, 5.41) is 3.41. The van der Waals surface area contributed by atoms with E-state index in [1.54, 1.807) is 0 Å². The molecule has 1 fully saturated rings. The number of aryl methyl sites for hydroxylation is 1. The molecular weight excluding hydrogens is 286 g/mol. The zero-order valence-electron chi connectivity index (χ0n) is 14.0. The average Bonchev–Trinajstić information content (AvgIpc) is 2.61. The van der Waals surface area contributed by atoms with Crippen molar-refractivity contribution in [1.29, 1.82) is 0 Å². The smallest absolute Gasteiger partial charge is 0.227 e. The molecule has 0 atom stereocenters. The van der Waals surface area contributed by atoms with Gasteiger partial charge in [0.05, 0.1) is 0 Å². The van der Waals surface area contributed by atoms with E-state index in [4.69, 9.17) is 0 Å². The molecule has 1 aromatic carbocycles. The average molecular weight is 311 g/mol. The maximum Gasteiger partial charge on any atom is 0.227 e. The molecule has 0 unspecified atom stereocenters. The largest absolute Gasteiger partial charge is 0.366 e. The van der Waals surface area contributed by atoms with E-state index < -0.39 is 0 Å². The van der Waals surface area contributed by atoms with E-state index >= 15 is 0 Å². The summed E-state index contributed by atoms with van der Waals surface area (Å²) in [7, 11) is 0. The first-order valence-corrected chi connectivity index (χ1v) is 8.35. The minimum Gasteiger partial charge on any atom is -0.366 e. The molecule has 0 spiro atoms. The third-order valence-corrected chi connectivity index (χ3v) is 4.47. The van der Waals surface area contributed by atoms with E-state index in [2.05, 4.69) is 63.2 Å².